The summed E-state index contributed by atoms with van der Waals surface area (Å²) in [5, 5.41) is 16.0. The van der Waals surface area contributed by atoms with Gasteiger partial charge in [-0.2, -0.15) is 5.10 Å². The Balaban J connectivity index is 2.08. The molecule has 1 aromatic rings. The van der Waals surface area contributed by atoms with E-state index < -0.39 is 5.60 Å². The molecule has 0 aromatic carbocycles. The number of rotatable bonds is 1. The molecule has 2 rings (SSSR count). The average Bonchev–Trinajstić information content (AvgIpc) is 2.45. The van der Waals surface area contributed by atoms with Gasteiger partial charge in [-0.3, -0.25) is 9.89 Å². The number of carbonyl (C=O) groups excluding carboxylic acids is 1. The number of aryl methyl sites for hydroxylation is 1. The fourth-order valence-corrected chi connectivity index (χ4v) is 1.66. The Bertz CT molecular complexity index is 362. The second-order valence-corrected chi connectivity index (χ2v) is 4.07. The van der Waals surface area contributed by atoms with Crippen LogP contribution in [0, 0.1) is 6.92 Å². The summed E-state index contributed by atoms with van der Waals surface area (Å²) in [6.07, 6.45) is 1.52. The summed E-state index contributed by atoms with van der Waals surface area (Å²) in [6, 6.07) is 0. The lowest BCUT2D eigenvalue weighted by molar-refractivity contribution is -0.0669. The molecular weight excluding hydrogens is 182 g/mol. The van der Waals surface area contributed by atoms with Crippen molar-refractivity contribution in [3.8, 4) is 0 Å². The maximum absolute atomic E-state index is 11.8. The van der Waals surface area contributed by atoms with Crippen LogP contribution in [-0.4, -0.2) is 44.8 Å². The van der Waals surface area contributed by atoms with E-state index in [-0.39, 0.29) is 5.91 Å². The van der Waals surface area contributed by atoms with Gasteiger partial charge in [-0.25, -0.2) is 0 Å². The van der Waals surface area contributed by atoms with Crippen molar-refractivity contribution in [1.82, 2.24) is 15.1 Å². The minimum atomic E-state index is -0.715. The van der Waals surface area contributed by atoms with Gasteiger partial charge >= 0.3 is 0 Å². The van der Waals surface area contributed by atoms with Crippen molar-refractivity contribution in [3.63, 3.8) is 0 Å². The number of aliphatic hydroxyl groups is 1. The summed E-state index contributed by atoms with van der Waals surface area (Å²) in [5.41, 5.74) is 0.634. The van der Waals surface area contributed by atoms with Crippen LogP contribution < -0.4 is 0 Å². The number of carbonyl (C=O) groups is 1. The van der Waals surface area contributed by atoms with Gasteiger partial charge in [-0.1, -0.05) is 0 Å². The standard InChI is InChI=1S/C9H13N3O2/c1-6-7(3-10-11-6)8(13)12-4-9(2,14)5-12/h3,14H,4-5H2,1-2H3,(H,10,11). The van der Waals surface area contributed by atoms with E-state index in [2.05, 4.69) is 10.2 Å². The molecule has 0 bridgehead atoms. The third-order valence-electron chi connectivity index (χ3n) is 2.41. The topological polar surface area (TPSA) is 69.2 Å². The van der Waals surface area contributed by atoms with Gasteiger partial charge in [-0.15, -0.1) is 0 Å². The zero-order valence-electron chi connectivity index (χ0n) is 8.24. The van der Waals surface area contributed by atoms with Crippen molar-refractivity contribution >= 4 is 5.91 Å². The Hall–Kier alpha value is -1.36. The van der Waals surface area contributed by atoms with Crippen molar-refractivity contribution in [2.75, 3.05) is 13.1 Å². The molecule has 1 saturated heterocycles. The van der Waals surface area contributed by atoms with Crippen LogP contribution in [-0.2, 0) is 0 Å². The first-order chi connectivity index (χ1) is 6.49. The van der Waals surface area contributed by atoms with Crippen molar-refractivity contribution < 1.29 is 9.90 Å². The summed E-state index contributed by atoms with van der Waals surface area (Å²) in [6.45, 7) is 4.32. The van der Waals surface area contributed by atoms with E-state index in [4.69, 9.17) is 0 Å². The summed E-state index contributed by atoms with van der Waals surface area (Å²) in [7, 11) is 0. The Labute approximate surface area is 81.7 Å². The second kappa shape index (κ2) is 2.81. The highest BCUT2D eigenvalue weighted by Gasteiger charge is 2.40. The van der Waals surface area contributed by atoms with Gasteiger partial charge in [0.15, 0.2) is 0 Å². The van der Waals surface area contributed by atoms with Gasteiger partial charge in [0.25, 0.3) is 5.91 Å². The van der Waals surface area contributed by atoms with Gasteiger partial charge in [-0.05, 0) is 13.8 Å². The third-order valence-corrected chi connectivity index (χ3v) is 2.41. The van der Waals surface area contributed by atoms with Crippen molar-refractivity contribution in [2.45, 2.75) is 19.4 Å². The summed E-state index contributed by atoms with van der Waals surface area (Å²) >= 11 is 0. The fraction of sp³-hybridized carbons (Fsp3) is 0.556. The quantitative estimate of drug-likeness (QED) is 0.658. The van der Waals surface area contributed by atoms with E-state index >= 15 is 0 Å². The van der Waals surface area contributed by atoms with Crippen LogP contribution in [0.3, 0.4) is 0 Å². The second-order valence-electron chi connectivity index (χ2n) is 4.07. The average molecular weight is 195 g/mol. The summed E-state index contributed by atoms with van der Waals surface area (Å²) in [4.78, 5) is 13.4. The minimum absolute atomic E-state index is 0.0669. The number of β-amino-alcohol motifs (C(OH)–C–C–N with tert-alkyl or cyclic N) is 1. The lowest BCUT2D eigenvalue weighted by atomic mass is 9.96. The largest absolute Gasteiger partial charge is 0.386 e. The molecule has 2 N–H and O–H groups in total. The molecule has 0 atom stereocenters. The SMILES string of the molecule is Cc1[nH]ncc1C(=O)N1CC(C)(O)C1. The van der Waals surface area contributed by atoms with Crippen LogP contribution >= 0.6 is 0 Å². The Morgan fingerprint density at radius 3 is 2.79 bits per heavy atom. The molecular formula is C9H13N3O2. The predicted octanol–water partition coefficient (Wildman–Crippen LogP) is -0.0751. The van der Waals surface area contributed by atoms with E-state index in [1.165, 1.54) is 6.20 Å². The highest BCUT2D eigenvalue weighted by Crippen LogP contribution is 2.22. The minimum Gasteiger partial charge on any atom is -0.386 e. The number of H-pyrrole nitrogens is 1. The van der Waals surface area contributed by atoms with Crippen LogP contribution in [0.2, 0.25) is 0 Å². The molecule has 1 fully saturated rings. The molecule has 0 saturated carbocycles. The van der Waals surface area contributed by atoms with Crippen LogP contribution in [0.4, 0.5) is 0 Å². The van der Waals surface area contributed by atoms with E-state index in [0.717, 1.165) is 5.69 Å². The van der Waals surface area contributed by atoms with Crippen molar-refractivity contribution in [3.05, 3.63) is 17.5 Å². The number of likely N-dealkylation sites (tertiary alicyclic amines) is 1. The molecule has 0 aliphatic carbocycles. The Kier molecular flexibility index (Phi) is 1.85. The van der Waals surface area contributed by atoms with Gasteiger partial charge in [0.2, 0.25) is 0 Å². The number of nitrogens with zero attached hydrogens (tertiary/aromatic N) is 2. The number of amides is 1. The van der Waals surface area contributed by atoms with E-state index in [1.807, 2.05) is 0 Å². The monoisotopic (exact) mass is 195 g/mol. The zero-order chi connectivity index (χ0) is 10.3. The molecule has 5 heteroatoms. The van der Waals surface area contributed by atoms with Crippen LogP contribution in [0.1, 0.15) is 23.0 Å². The van der Waals surface area contributed by atoms with Crippen LogP contribution in [0.15, 0.2) is 6.20 Å². The fourth-order valence-electron chi connectivity index (χ4n) is 1.66. The lowest BCUT2D eigenvalue weighted by Crippen LogP contribution is -2.61. The number of aromatic amines is 1. The predicted molar refractivity (Wildman–Crippen MR) is 49.9 cm³/mol. The molecule has 1 amide bonds. The molecule has 76 valence electrons. The molecule has 0 spiro atoms. The smallest absolute Gasteiger partial charge is 0.257 e. The number of nitrogens with one attached hydrogen (secondary N) is 1. The normalized spacial score (nSPS) is 19.2. The van der Waals surface area contributed by atoms with Crippen LogP contribution in [0.25, 0.3) is 0 Å². The molecule has 0 unspecified atom stereocenters. The molecule has 0 radical (unpaired) electrons. The molecule has 2 heterocycles. The zero-order valence-corrected chi connectivity index (χ0v) is 8.24. The van der Waals surface area contributed by atoms with Crippen molar-refractivity contribution in [2.24, 2.45) is 0 Å². The highest BCUT2D eigenvalue weighted by atomic mass is 16.3. The summed E-state index contributed by atoms with van der Waals surface area (Å²) in [5.74, 6) is -0.0669. The molecule has 1 aliphatic heterocycles. The maximum atomic E-state index is 11.8. The lowest BCUT2D eigenvalue weighted by Gasteiger charge is -2.44. The van der Waals surface area contributed by atoms with Gasteiger partial charge in [0.1, 0.15) is 0 Å². The van der Waals surface area contributed by atoms with Gasteiger partial charge in [0.05, 0.1) is 30.5 Å². The van der Waals surface area contributed by atoms with Crippen molar-refractivity contribution in [1.29, 1.82) is 0 Å². The first-order valence-electron chi connectivity index (χ1n) is 4.51. The first-order valence-corrected chi connectivity index (χ1v) is 4.51. The van der Waals surface area contributed by atoms with E-state index in [9.17, 15) is 9.90 Å². The van der Waals surface area contributed by atoms with E-state index in [0.29, 0.717) is 18.7 Å². The molecule has 5 nitrogen and oxygen atoms in total. The Morgan fingerprint density at radius 1 is 1.71 bits per heavy atom. The maximum Gasteiger partial charge on any atom is 0.257 e. The number of aromatic nitrogens is 2. The summed E-state index contributed by atoms with van der Waals surface area (Å²) < 4.78 is 0. The molecule has 1 aromatic heterocycles. The van der Waals surface area contributed by atoms with Crippen LogP contribution in [0.5, 0.6) is 0 Å². The van der Waals surface area contributed by atoms with E-state index in [1.54, 1.807) is 18.7 Å². The highest BCUT2D eigenvalue weighted by molar-refractivity contribution is 5.95. The van der Waals surface area contributed by atoms with Gasteiger partial charge in [0, 0.05) is 5.69 Å². The third kappa shape index (κ3) is 1.39. The molecule has 14 heavy (non-hydrogen) atoms. The van der Waals surface area contributed by atoms with Gasteiger partial charge < -0.3 is 10.0 Å². The number of hydrogen-bond donors (Lipinski definition) is 2. The molecule has 1 aliphatic rings. The first kappa shape index (κ1) is 9.21. The number of hydrogen-bond acceptors (Lipinski definition) is 3. The Morgan fingerprint density at radius 2 is 2.36 bits per heavy atom.